The minimum Gasteiger partial charge on any atom is -0.462 e. The molecule has 0 saturated carbocycles. The first-order valence-electron chi connectivity index (χ1n) is 4.30. The zero-order valence-corrected chi connectivity index (χ0v) is 10.3. The zero-order chi connectivity index (χ0) is 11.4. The van der Waals surface area contributed by atoms with Gasteiger partial charge in [-0.05, 0) is 20.8 Å². The number of carbonyl (C=O) groups excluding carboxylic acids is 2. The fraction of sp³-hybridized carbons (Fsp3) is 0.600. The third-order valence-corrected chi connectivity index (χ3v) is 2.02. The van der Waals surface area contributed by atoms with E-state index in [0.29, 0.717) is 5.57 Å². The smallest absolute Gasteiger partial charge is 0.333 e. The molecule has 0 aliphatic rings. The fourth-order valence-corrected chi connectivity index (χ4v) is 0.855. The highest BCUT2D eigenvalue weighted by molar-refractivity contribution is 9.10. The molecule has 14 heavy (non-hydrogen) atoms. The van der Waals surface area contributed by atoms with Crippen LogP contribution in [0.1, 0.15) is 27.2 Å². The number of hydrogen-bond acceptors (Lipinski definition) is 3. The Labute approximate surface area is 92.6 Å². The van der Waals surface area contributed by atoms with Crippen molar-refractivity contribution < 1.29 is 14.3 Å². The van der Waals surface area contributed by atoms with E-state index in [4.69, 9.17) is 4.74 Å². The van der Waals surface area contributed by atoms with Crippen LogP contribution in [0.25, 0.3) is 0 Å². The maximum atomic E-state index is 11.4. The highest BCUT2D eigenvalue weighted by Gasteiger charge is 2.23. The van der Waals surface area contributed by atoms with Crippen LogP contribution in [0.2, 0.25) is 0 Å². The van der Waals surface area contributed by atoms with Crippen LogP contribution in [-0.2, 0) is 14.3 Å². The highest BCUT2D eigenvalue weighted by atomic mass is 79.9. The first-order chi connectivity index (χ1) is 6.25. The Hall–Kier alpha value is -0.640. The van der Waals surface area contributed by atoms with Crippen molar-refractivity contribution in [1.29, 1.82) is 0 Å². The summed E-state index contributed by atoms with van der Waals surface area (Å²) in [6.07, 6.45) is 0.220. The summed E-state index contributed by atoms with van der Waals surface area (Å²) >= 11 is 3.23. The lowest BCUT2D eigenvalue weighted by Gasteiger charge is -2.14. The molecule has 0 spiro atoms. The summed E-state index contributed by atoms with van der Waals surface area (Å²) in [7, 11) is 0. The maximum absolute atomic E-state index is 11.4. The zero-order valence-electron chi connectivity index (χ0n) is 8.72. The lowest BCUT2D eigenvalue weighted by Crippen LogP contribution is -2.25. The normalized spacial score (nSPS) is 10.9. The minimum absolute atomic E-state index is 0.00650. The molecule has 0 bridgehead atoms. The van der Waals surface area contributed by atoms with E-state index in [2.05, 4.69) is 22.5 Å². The molecule has 0 aliphatic heterocycles. The largest absolute Gasteiger partial charge is 0.462 e. The second-order valence-corrected chi connectivity index (χ2v) is 5.54. The van der Waals surface area contributed by atoms with Crippen LogP contribution in [0.15, 0.2) is 12.2 Å². The van der Waals surface area contributed by atoms with Gasteiger partial charge in [0.05, 0.1) is 10.9 Å². The average molecular weight is 263 g/mol. The molecule has 0 aromatic rings. The van der Waals surface area contributed by atoms with Gasteiger partial charge in [-0.3, -0.25) is 4.79 Å². The molecule has 4 heteroatoms. The van der Waals surface area contributed by atoms with Crippen LogP contribution in [0.4, 0.5) is 0 Å². The quantitative estimate of drug-likeness (QED) is 0.434. The Morgan fingerprint density at radius 3 is 2.29 bits per heavy atom. The molecule has 80 valence electrons. The summed E-state index contributed by atoms with van der Waals surface area (Å²) in [6, 6.07) is 0. The van der Waals surface area contributed by atoms with Crippen molar-refractivity contribution in [3.05, 3.63) is 12.2 Å². The molecule has 0 N–H and O–H groups in total. The number of ether oxygens (including phenoxy) is 1. The summed E-state index contributed by atoms with van der Waals surface area (Å²) in [5.41, 5.74) is 0.343. The van der Waals surface area contributed by atoms with Crippen LogP contribution in [-0.4, -0.2) is 22.7 Å². The van der Waals surface area contributed by atoms with E-state index in [-0.39, 0.29) is 18.8 Å². The van der Waals surface area contributed by atoms with Crippen molar-refractivity contribution in [2.24, 2.45) is 0 Å². The second kappa shape index (κ2) is 5.29. The van der Waals surface area contributed by atoms with Gasteiger partial charge in [-0.15, -0.1) is 0 Å². The van der Waals surface area contributed by atoms with Gasteiger partial charge in [0.25, 0.3) is 0 Å². The molecule has 0 amide bonds. The van der Waals surface area contributed by atoms with Gasteiger partial charge in [-0.2, -0.15) is 0 Å². The van der Waals surface area contributed by atoms with Gasteiger partial charge >= 0.3 is 5.97 Å². The van der Waals surface area contributed by atoms with E-state index in [9.17, 15) is 9.59 Å². The Balaban J connectivity index is 3.82. The van der Waals surface area contributed by atoms with Crippen LogP contribution in [0.3, 0.4) is 0 Å². The summed E-state index contributed by atoms with van der Waals surface area (Å²) in [6.45, 7) is 8.63. The molecule has 3 nitrogen and oxygen atoms in total. The summed E-state index contributed by atoms with van der Waals surface area (Å²) in [4.78, 5) is 22.3. The van der Waals surface area contributed by atoms with Gasteiger partial charge in [0.1, 0.15) is 0 Å². The monoisotopic (exact) mass is 262 g/mol. The Morgan fingerprint density at radius 2 is 1.93 bits per heavy atom. The predicted octanol–water partition coefficient (Wildman–Crippen LogP) is 2.24. The van der Waals surface area contributed by atoms with Gasteiger partial charge in [-0.1, -0.05) is 22.5 Å². The van der Waals surface area contributed by atoms with Crippen LogP contribution < -0.4 is 0 Å². The molecule has 0 aliphatic carbocycles. The molecule has 0 atom stereocenters. The number of carbonyl (C=O) groups is 2. The van der Waals surface area contributed by atoms with E-state index < -0.39 is 10.3 Å². The molecular weight excluding hydrogens is 248 g/mol. The van der Waals surface area contributed by atoms with Gasteiger partial charge in [0, 0.05) is 12.0 Å². The highest BCUT2D eigenvalue weighted by Crippen LogP contribution is 2.18. The number of Topliss-reactive ketones (excluding diaryl/α,β-unsaturated/α-hetero) is 1. The fourth-order valence-electron chi connectivity index (χ4n) is 0.657. The number of alkyl halides is 1. The molecule has 0 rings (SSSR count). The first-order valence-corrected chi connectivity index (χ1v) is 5.09. The molecule has 0 unspecified atom stereocenters. The van der Waals surface area contributed by atoms with Crippen LogP contribution >= 0.6 is 15.9 Å². The molecule has 0 aromatic heterocycles. The Bertz CT molecular complexity index is 251. The van der Waals surface area contributed by atoms with Crippen molar-refractivity contribution in [2.75, 3.05) is 6.61 Å². The molecule has 0 radical (unpaired) electrons. The lowest BCUT2D eigenvalue weighted by atomic mass is 10.1. The van der Waals surface area contributed by atoms with Crippen molar-refractivity contribution in [2.45, 2.75) is 31.5 Å². The van der Waals surface area contributed by atoms with E-state index in [0.717, 1.165) is 0 Å². The van der Waals surface area contributed by atoms with Crippen molar-refractivity contribution in [1.82, 2.24) is 0 Å². The SMILES string of the molecule is C=C(C)C(=O)OCCC(=O)C(C)(C)Br. The predicted molar refractivity (Wildman–Crippen MR) is 58.4 cm³/mol. The molecule has 0 fully saturated rings. The standard InChI is InChI=1S/C10H15BrO3/c1-7(2)9(13)14-6-5-8(12)10(3,4)11/h1,5-6H2,2-4H3. The van der Waals surface area contributed by atoms with E-state index in [1.807, 2.05) is 0 Å². The van der Waals surface area contributed by atoms with Gasteiger partial charge < -0.3 is 4.74 Å². The van der Waals surface area contributed by atoms with E-state index in [1.54, 1.807) is 20.8 Å². The van der Waals surface area contributed by atoms with Gasteiger partial charge in [-0.25, -0.2) is 4.79 Å². The average Bonchev–Trinajstić information content (AvgIpc) is 2.01. The second-order valence-electron chi connectivity index (χ2n) is 3.56. The minimum atomic E-state index is -0.553. The summed E-state index contributed by atoms with van der Waals surface area (Å²) < 4.78 is 4.24. The Kier molecular flexibility index (Phi) is 5.05. The van der Waals surface area contributed by atoms with E-state index >= 15 is 0 Å². The summed E-state index contributed by atoms with van der Waals surface area (Å²) in [5.74, 6) is -0.447. The van der Waals surface area contributed by atoms with Gasteiger partial charge in [0.2, 0.25) is 0 Å². The molecule has 0 saturated heterocycles. The lowest BCUT2D eigenvalue weighted by molar-refractivity contribution is -0.139. The number of rotatable bonds is 5. The molecule has 0 heterocycles. The van der Waals surface area contributed by atoms with Crippen molar-refractivity contribution >= 4 is 27.7 Å². The van der Waals surface area contributed by atoms with Crippen LogP contribution in [0.5, 0.6) is 0 Å². The van der Waals surface area contributed by atoms with E-state index in [1.165, 1.54) is 0 Å². The maximum Gasteiger partial charge on any atom is 0.333 e. The molecular formula is C10H15BrO3. The number of halogens is 1. The molecule has 0 aromatic carbocycles. The summed E-state index contributed by atoms with van der Waals surface area (Å²) in [5, 5.41) is 0. The van der Waals surface area contributed by atoms with Gasteiger partial charge in [0.15, 0.2) is 5.78 Å². The number of hydrogen-bond donors (Lipinski definition) is 0. The van der Waals surface area contributed by atoms with Crippen molar-refractivity contribution in [3.63, 3.8) is 0 Å². The number of esters is 1. The first kappa shape index (κ1) is 13.4. The van der Waals surface area contributed by atoms with Crippen molar-refractivity contribution in [3.8, 4) is 0 Å². The third-order valence-electron chi connectivity index (χ3n) is 1.57. The van der Waals surface area contributed by atoms with Crippen LogP contribution in [0, 0.1) is 0 Å². The topological polar surface area (TPSA) is 43.4 Å². The third kappa shape index (κ3) is 5.17. The Morgan fingerprint density at radius 1 is 1.43 bits per heavy atom. The number of ketones is 1.